The lowest BCUT2D eigenvalue weighted by atomic mass is 10.1. The topological polar surface area (TPSA) is 101 Å². The van der Waals surface area contributed by atoms with Crippen molar-refractivity contribution in [2.75, 3.05) is 6.54 Å². The van der Waals surface area contributed by atoms with Crippen molar-refractivity contribution in [3.63, 3.8) is 0 Å². The fraction of sp³-hybridized carbons (Fsp3) is 0.105. The SMILES string of the molecule is Cc1ccc2cc(/C=N/NC(=O)CNS(=O)(=O)c3ccc(Cl)cc3)c(Cl)nc2c1. The number of nitrogens with one attached hydrogen (secondary N) is 2. The van der Waals surface area contributed by atoms with Crippen molar-refractivity contribution in [1.29, 1.82) is 0 Å². The van der Waals surface area contributed by atoms with E-state index in [0.717, 1.165) is 16.5 Å². The third-order valence-corrected chi connectivity index (χ3v) is 5.87. The van der Waals surface area contributed by atoms with Crippen molar-refractivity contribution >= 4 is 56.2 Å². The van der Waals surface area contributed by atoms with Crippen molar-refractivity contribution in [2.24, 2.45) is 5.10 Å². The molecule has 2 N–H and O–H groups in total. The molecular weight excluding hydrogens is 435 g/mol. The highest BCUT2D eigenvalue weighted by molar-refractivity contribution is 7.89. The molecular formula is C19H16Cl2N4O3S. The van der Waals surface area contributed by atoms with Crippen LogP contribution in [0.2, 0.25) is 10.2 Å². The summed E-state index contributed by atoms with van der Waals surface area (Å²) in [5.74, 6) is -0.640. The lowest BCUT2D eigenvalue weighted by molar-refractivity contribution is -0.119. The van der Waals surface area contributed by atoms with Gasteiger partial charge in [-0.15, -0.1) is 0 Å². The summed E-state index contributed by atoms with van der Waals surface area (Å²) >= 11 is 11.9. The summed E-state index contributed by atoms with van der Waals surface area (Å²) in [5, 5.41) is 5.34. The number of aryl methyl sites for hydroxylation is 1. The first-order valence-electron chi connectivity index (χ1n) is 8.39. The Hall–Kier alpha value is -2.52. The Kier molecular flexibility index (Phi) is 6.49. The molecule has 10 heteroatoms. The fourth-order valence-corrected chi connectivity index (χ4v) is 3.73. The number of hydrazone groups is 1. The van der Waals surface area contributed by atoms with Crippen LogP contribution in [0.3, 0.4) is 0 Å². The Balaban J connectivity index is 1.61. The van der Waals surface area contributed by atoms with E-state index in [9.17, 15) is 13.2 Å². The molecule has 0 aliphatic heterocycles. The first kappa shape index (κ1) is 21.2. The van der Waals surface area contributed by atoms with Gasteiger partial charge in [-0.3, -0.25) is 4.79 Å². The van der Waals surface area contributed by atoms with Gasteiger partial charge in [-0.25, -0.2) is 23.5 Å². The van der Waals surface area contributed by atoms with Crippen molar-refractivity contribution in [3.8, 4) is 0 Å². The average molecular weight is 451 g/mol. The maximum Gasteiger partial charge on any atom is 0.255 e. The number of sulfonamides is 1. The van der Waals surface area contributed by atoms with E-state index in [4.69, 9.17) is 23.2 Å². The summed E-state index contributed by atoms with van der Waals surface area (Å²) in [4.78, 5) is 16.2. The third-order valence-electron chi connectivity index (χ3n) is 3.89. The lowest BCUT2D eigenvalue weighted by Crippen LogP contribution is -2.34. The van der Waals surface area contributed by atoms with Gasteiger partial charge in [0.05, 0.1) is 23.2 Å². The van der Waals surface area contributed by atoms with Gasteiger partial charge in [0.2, 0.25) is 10.0 Å². The second kappa shape index (κ2) is 8.87. The summed E-state index contributed by atoms with van der Waals surface area (Å²) < 4.78 is 26.5. The number of aromatic nitrogens is 1. The molecule has 0 radical (unpaired) electrons. The molecule has 2 aromatic carbocycles. The molecule has 3 aromatic rings. The molecule has 7 nitrogen and oxygen atoms in total. The van der Waals surface area contributed by atoms with E-state index in [1.807, 2.05) is 25.1 Å². The minimum Gasteiger partial charge on any atom is -0.272 e. The Morgan fingerprint density at radius 3 is 2.59 bits per heavy atom. The maximum atomic E-state index is 12.1. The van der Waals surface area contributed by atoms with Crippen molar-refractivity contribution in [2.45, 2.75) is 11.8 Å². The normalized spacial score (nSPS) is 11.8. The monoisotopic (exact) mass is 450 g/mol. The van der Waals surface area contributed by atoms with Crippen LogP contribution in [0, 0.1) is 6.92 Å². The van der Waals surface area contributed by atoms with Crippen LogP contribution in [-0.2, 0) is 14.8 Å². The Morgan fingerprint density at radius 1 is 1.14 bits per heavy atom. The summed E-state index contributed by atoms with van der Waals surface area (Å²) in [6.07, 6.45) is 1.35. The molecule has 3 rings (SSSR count). The number of pyridine rings is 1. The minimum absolute atomic E-state index is 0.00228. The smallest absolute Gasteiger partial charge is 0.255 e. The third kappa shape index (κ3) is 5.51. The predicted molar refractivity (Wildman–Crippen MR) is 114 cm³/mol. The van der Waals surface area contributed by atoms with Gasteiger partial charge in [0.25, 0.3) is 5.91 Å². The number of hydrogen-bond donors (Lipinski definition) is 2. The van der Waals surface area contributed by atoms with Crippen molar-refractivity contribution < 1.29 is 13.2 Å². The zero-order valence-electron chi connectivity index (χ0n) is 15.2. The summed E-state index contributed by atoms with van der Waals surface area (Å²) in [6, 6.07) is 13.2. The molecule has 0 aliphatic carbocycles. The summed E-state index contributed by atoms with van der Waals surface area (Å²) in [7, 11) is -3.84. The van der Waals surface area contributed by atoms with Crippen LogP contribution in [0.15, 0.2) is 58.5 Å². The molecule has 0 bridgehead atoms. The highest BCUT2D eigenvalue weighted by Gasteiger charge is 2.15. The molecule has 150 valence electrons. The van der Waals surface area contributed by atoms with E-state index in [1.165, 1.54) is 30.5 Å². The molecule has 29 heavy (non-hydrogen) atoms. The molecule has 0 unspecified atom stereocenters. The van der Waals surface area contributed by atoms with E-state index >= 15 is 0 Å². The van der Waals surface area contributed by atoms with Crippen LogP contribution in [0.4, 0.5) is 0 Å². The quantitative estimate of drug-likeness (QED) is 0.341. The Bertz CT molecular complexity index is 1200. The van der Waals surface area contributed by atoms with E-state index in [-0.39, 0.29) is 10.0 Å². The Labute approximate surface area is 177 Å². The number of rotatable bonds is 6. The molecule has 0 saturated carbocycles. The number of amides is 1. The van der Waals surface area contributed by atoms with Crippen LogP contribution in [0.1, 0.15) is 11.1 Å². The van der Waals surface area contributed by atoms with Crippen molar-refractivity contribution in [3.05, 3.63) is 69.8 Å². The molecule has 1 heterocycles. The fourth-order valence-electron chi connectivity index (χ4n) is 2.43. The number of carbonyl (C=O) groups excluding carboxylic acids is 1. The Morgan fingerprint density at radius 2 is 1.86 bits per heavy atom. The lowest BCUT2D eigenvalue weighted by Gasteiger charge is -2.06. The van der Waals surface area contributed by atoms with E-state index in [0.29, 0.717) is 10.6 Å². The van der Waals surface area contributed by atoms with Crippen LogP contribution in [0.25, 0.3) is 10.9 Å². The summed E-state index contributed by atoms with van der Waals surface area (Å²) in [6.45, 7) is 1.48. The zero-order chi connectivity index (χ0) is 21.0. The van der Waals surface area contributed by atoms with Gasteiger partial charge in [0.1, 0.15) is 5.15 Å². The van der Waals surface area contributed by atoms with Crippen LogP contribution in [0.5, 0.6) is 0 Å². The van der Waals surface area contributed by atoms with Gasteiger partial charge in [0, 0.05) is 16.0 Å². The maximum absolute atomic E-state index is 12.1. The molecule has 0 saturated heterocycles. The number of hydrogen-bond acceptors (Lipinski definition) is 5. The second-order valence-electron chi connectivity index (χ2n) is 6.14. The predicted octanol–water partition coefficient (Wildman–Crippen LogP) is 3.28. The molecule has 1 aromatic heterocycles. The van der Waals surface area contributed by atoms with E-state index in [1.54, 1.807) is 6.07 Å². The van der Waals surface area contributed by atoms with Crippen LogP contribution >= 0.6 is 23.2 Å². The van der Waals surface area contributed by atoms with Gasteiger partial charge in [-0.2, -0.15) is 5.10 Å². The number of nitrogens with zero attached hydrogens (tertiary/aromatic N) is 2. The second-order valence-corrected chi connectivity index (χ2v) is 8.70. The molecule has 0 spiro atoms. The average Bonchev–Trinajstić information content (AvgIpc) is 2.67. The van der Waals surface area contributed by atoms with Gasteiger partial charge < -0.3 is 0 Å². The molecule has 0 atom stereocenters. The molecule has 0 aliphatic rings. The minimum atomic E-state index is -3.84. The number of carbonyl (C=O) groups is 1. The van der Waals surface area contributed by atoms with E-state index < -0.39 is 22.5 Å². The first-order chi connectivity index (χ1) is 13.7. The number of fused-ring (bicyclic) bond motifs is 1. The highest BCUT2D eigenvalue weighted by atomic mass is 35.5. The summed E-state index contributed by atoms with van der Waals surface area (Å²) in [5.41, 5.74) is 4.59. The largest absolute Gasteiger partial charge is 0.272 e. The van der Waals surface area contributed by atoms with Crippen LogP contribution < -0.4 is 10.1 Å². The number of halogens is 2. The van der Waals surface area contributed by atoms with Crippen LogP contribution in [-0.4, -0.2) is 32.1 Å². The van der Waals surface area contributed by atoms with Gasteiger partial charge in [-0.05, 0) is 48.9 Å². The molecule has 1 amide bonds. The van der Waals surface area contributed by atoms with Gasteiger partial charge >= 0.3 is 0 Å². The highest BCUT2D eigenvalue weighted by Crippen LogP contribution is 2.20. The number of benzene rings is 2. The van der Waals surface area contributed by atoms with E-state index in [2.05, 4.69) is 20.2 Å². The zero-order valence-corrected chi connectivity index (χ0v) is 17.5. The van der Waals surface area contributed by atoms with Gasteiger partial charge in [0.15, 0.2) is 0 Å². The first-order valence-corrected chi connectivity index (χ1v) is 10.6. The standard InChI is InChI=1S/C19H16Cl2N4O3S/c1-12-2-3-13-9-14(19(21)24-17(13)8-12)10-22-25-18(26)11-23-29(27,28)16-6-4-15(20)5-7-16/h2-10,23H,11H2,1H3,(H,25,26)/b22-10+. The molecule has 0 fully saturated rings. The van der Waals surface area contributed by atoms with Gasteiger partial charge in [-0.1, -0.05) is 35.3 Å². The van der Waals surface area contributed by atoms with Crippen molar-refractivity contribution in [1.82, 2.24) is 15.1 Å².